The Morgan fingerprint density at radius 1 is 1.59 bits per heavy atom. The van der Waals surface area contributed by atoms with Gasteiger partial charge in [-0.3, -0.25) is 4.79 Å². The van der Waals surface area contributed by atoms with Gasteiger partial charge >= 0.3 is 0 Å². The van der Waals surface area contributed by atoms with Crippen molar-refractivity contribution in [3.8, 4) is 5.88 Å². The lowest BCUT2D eigenvalue weighted by atomic mass is 10.2. The van der Waals surface area contributed by atoms with Crippen molar-refractivity contribution in [3.05, 3.63) is 23.9 Å². The molecule has 1 aromatic heterocycles. The zero-order chi connectivity index (χ0) is 12.7. The number of ether oxygens (including phenoxy) is 1. The third-order valence-electron chi connectivity index (χ3n) is 1.76. The van der Waals surface area contributed by atoms with Gasteiger partial charge in [0.2, 0.25) is 5.88 Å². The maximum atomic E-state index is 12.0. The molecule has 0 spiro atoms. The van der Waals surface area contributed by atoms with Crippen molar-refractivity contribution in [1.29, 1.82) is 0 Å². The van der Waals surface area contributed by atoms with Gasteiger partial charge < -0.3 is 15.2 Å². The Balaban J connectivity index is 2.73. The predicted octanol–water partition coefficient (Wildman–Crippen LogP) is 0.448. The smallest absolute Gasteiger partial charge is 0.272 e. The van der Waals surface area contributed by atoms with Crippen molar-refractivity contribution in [3.63, 3.8) is 0 Å². The first kappa shape index (κ1) is 13.3. The number of halogens is 2. The normalized spacial score (nSPS) is 10.4. The van der Waals surface area contributed by atoms with Gasteiger partial charge in [-0.25, -0.2) is 13.8 Å². The number of aliphatic hydroxyl groups excluding tert-OH is 1. The standard InChI is InChI=1S/C10H12F2N2O3/c11-8(12)6-17-10-7(2-1-3-14-10)9(16)13-4-5-15/h1-3,8,15H,4-6H2,(H,13,16). The molecule has 0 unspecified atom stereocenters. The molecule has 0 aromatic carbocycles. The summed E-state index contributed by atoms with van der Waals surface area (Å²) in [6.07, 6.45) is -1.30. The number of aliphatic hydroxyl groups is 1. The first-order valence-electron chi connectivity index (χ1n) is 4.90. The lowest BCUT2D eigenvalue weighted by molar-refractivity contribution is 0.0772. The fourth-order valence-corrected chi connectivity index (χ4v) is 1.09. The van der Waals surface area contributed by atoms with E-state index in [0.29, 0.717) is 0 Å². The van der Waals surface area contributed by atoms with Gasteiger partial charge in [0, 0.05) is 12.7 Å². The minimum Gasteiger partial charge on any atom is -0.471 e. The van der Waals surface area contributed by atoms with Crippen LogP contribution >= 0.6 is 0 Å². The molecule has 0 saturated heterocycles. The molecule has 1 rings (SSSR count). The summed E-state index contributed by atoms with van der Waals surface area (Å²) in [7, 11) is 0. The Morgan fingerprint density at radius 3 is 3.00 bits per heavy atom. The summed E-state index contributed by atoms with van der Waals surface area (Å²) in [5, 5.41) is 10.9. The van der Waals surface area contributed by atoms with E-state index in [1.165, 1.54) is 18.3 Å². The molecule has 17 heavy (non-hydrogen) atoms. The molecule has 0 bridgehead atoms. The number of hydrogen-bond acceptors (Lipinski definition) is 4. The fourth-order valence-electron chi connectivity index (χ4n) is 1.09. The summed E-state index contributed by atoms with van der Waals surface area (Å²) in [6.45, 7) is -0.960. The Kier molecular flexibility index (Phi) is 5.28. The molecule has 0 aliphatic rings. The number of alkyl halides is 2. The van der Waals surface area contributed by atoms with Crippen LogP contribution in [0.5, 0.6) is 5.88 Å². The van der Waals surface area contributed by atoms with Gasteiger partial charge in [-0.05, 0) is 12.1 Å². The van der Waals surface area contributed by atoms with E-state index in [0.717, 1.165) is 0 Å². The quantitative estimate of drug-likeness (QED) is 0.764. The maximum Gasteiger partial charge on any atom is 0.272 e. The Labute approximate surface area is 96.4 Å². The average Bonchev–Trinajstić information content (AvgIpc) is 2.33. The van der Waals surface area contributed by atoms with Crippen LogP contribution in [-0.4, -0.2) is 42.2 Å². The highest BCUT2D eigenvalue weighted by Crippen LogP contribution is 2.14. The predicted molar refractivity (Wildman–Crippen MR) is 55.2 cm³/mol. The van der Waals surface area contributed by atoms with E-state index < -0.39 is 18.9 Å². The Morgan fingerprint density at radius 2 is 2.35 bits per heavy atom. The molecule has 5 nitrogen and oxygen atoms in total. The van der Waals surface area contributed by atoms with Gasteiger partial charge in [-0.1, -0.05) is 0 Å². The first-order chi connectivity index (χ1) is 8.15. The lowest BCUT2D eigenvalue weighted by Crippen LogP contribution is -2.27. The summed E-state index contributed by atoms with van der Waals surface area (Å²) in [4.78, 5) is 15.2. The van der Waals surface area contributed by atoms with Crippen LogP contribution in [0.1, 0.15) is 10.4 Å². The molecular weight excluding hydrogens is 234 g/mol. The number of amides is 1. The SMILES string of the molecule is O=C(NCCO)c1cccnc1OCC(F)F. The molecule has 94 valence electrons. The summed E-state index contributed by atoms with van der Waals surface area (Å²) >= 11 is 0. The third-order valence-corrected chi connectivity index (χ3v) is 1.76. The van der Waals surface area contributed by atoms with Crippen LogP contribution in [0.15, 0.2) is 18.3 Å². The number of aromatic nitrogens is 1. The van der Waals surface area contributed by atoms with Crippen LogP contribution in [0, 0.1) is 0 Å². The number of pyridine rings is 1. The third kappa shape index (κ3) is 4.31. The van der Waals surface area contributed by atoms with Crippen LogP contribution < -0.4 is 10.1 Å². The van der Waals surface area contributed by atoms with E-state index in [4.69, 9.17) is 9.84 Å². The van der Waals surface area contributed by atoms with Crippen molar-refractivity contribution in [1.82, 2.24) is 10.3 Å². The van der Waals surface area contributed by atoms with E-state index in [1.54, 1.807) is 0 Å². The molecule has 0 atom stereocenters. The van der Waals surface area contributed by atoms with E-state index in [2.05, 4.69) is 10.3 Å². The molecule has 0 aliphatic carbocycles. The molecule has 1 amide bonds. The largest absolute Gasteiger partial charge is 0.471 e. The van der Waals surface area contributed by atoms with Crippen molar-refractivity contribution in [2.24, 2.45) is 0 Å². The van der Waals surface area contributed by atoms with Gasteiger partial charge in [0.25, 0.3) is 12.3 Å². The van der Waals surface area contributed by atoms with Gasteiger partial charge in [0.15, 0.2) is 6.61 Å². The van der Waals surface area contributed by atoms with Gasteiger partial charge in [0.1, 0.15) is 5.56 Å². The summed E-state index contributed by atoms with van der Waals surface area (Å²) < 4.78 is 28.7. The maximum absolute atomic E-state index is 12.0. The highest BCUT2D eigenvalue weighted by atomic mass is 19.3. The second-order valence-corrected chi connectivity index (χ2v) is 3.04. The highest BCUT2D eigenvalue weighted by Gasteiger charge is 2.14. The summed E-state index contributed by atoms with van der Waals surface area (Å²) in [5.41, 5.74) is 0.0570. The van der Waals surface area contributed by atoms with Crippen molar-refractivity contribution < 1.29 is 23.4 Å². The van der Waals surface area contributed by atoms with Gasteiger partial charge in [0.05, 0.1) is 6.61 Å². The van der Waals surface area contributed by atoms with E-state index in [1.807, 2.05) is 0 Å². The van der Waals surface area contributed by atoms with Crippen molar-refractivity contribution in [2.45, 2.75) is 6.43 Å². The molecule has 0 aliphatic heterocycles. The molecule has 2 N–H and O–H groups in total. The molecule has 1 aromatic rings. The number of carbonyl (C=O) groups excluding carboxylic acids is 1. The Hall–Kier alpha value is -1.76. The van der Waals surface area contributed by atoms with Crippen LogP contribution in [0.25, 0.3) is 0 Å². The minimum atomic E-state index is -2.63. The van der Waals surface area contributed by atoms with Crippen LogP contribution in [-0.2, 0) is 0 Å². The fraction of sp³-hybridized carbons (Fsp3) is 0.400. The average molecular weight is 246 g/mol. The van der Waals surface area contributed by atoms with E-state index in [-0.39, 0.29) is 24.6 Å². The zero-order valence-electron chi connectivity index (χ0n) is 8.90. The molecule has 0 fully saturated rings. The Bertz CT molecular complexity index is 374. The zero-order valence-corrected chi connectivity index (χ0v) is 8.90. The van der Waals surface area contributed by atoms with Gasteiger partial charge in [-0.2, -0.15) is 0 Å². The van der Waals surface area contributed by atoms with Crippen molar-refractivity contribution in [2.75, 3.05) is 19.8 Å². The summed E-state index contributed by atoms with van der Waals surface area (Å²) in [6, 6.07) is 2.89. The topological polar surface area (TPSA) is 71.5 Å². The lowest BCUT2D eigenvalue weighted by Gasteiger charge is -2.09. The minimum absolute atomic E-state index is 0.0570. The van der Waals surface area contributed by atoms with Crippen LogP contribution in [0.3, 0.4) is 0 Å². The van der Waals surface area contributed by atoms with Crippen LogP contribution in [0.2, 0.25) is 0 Å². The second kappa shape index (κ2) is 6.74. The number of nitrogens with one attached hydrogen (secondary N) is 1. The number of hydrogen-bond donors (Lipinski definition) is 2. The molecule has 7 heteroatoms. The monoisotopic (exact) mass is 246 g/mol. The second-order valence-electron chi connectivity index (χ2n) is 3.04. The molecular formula is C10H12F2N2O3. The number of nitrogens with zero attached hydrogens (tertiary/aromatic N) is 1. The van der Waals surface area contributed by atoms with Crippen molar-refractivity contribution >= 4 is 5.91 Å². The van der Waals surface area contributed by atoms with Crippen LogP contribution in [0.4, 0.5) is 8.78 Å². The highest BCUT2D eigenvalue weighted by molar-refractivity contribution is 5.96. The first-order valence-corrected chi connectivity index (χ1v) is 4.90. The van der Waals surface area contributed by atoms with Gasteiger partial charge in [-0.15, -0.1) is 0 Å². The number of rotatable bonds is 6. The molecule has 0 radical (unpaired) electrons. The molecule has 0 saturated carbocycles. The summed E-state index contributed by atoms with van der Waals surface area (Å²) in [5.74, 6) is -0.681. The molecule has 1 heterocycles. The van der Waals surface area contributed by atoms with E-state index >= 15 is 0 Å². The number of carbonyl (C=O) groups is 1. The van der Waals surface area contributed by atoms with E-state index in [9.17, 15) is 13.6 Å².